The molecule has 1 saturated heterocycles. The van der Waals surface area contributed by atoms with Crippen molar-refractivity contribution in [1.29, 1.82) is 0 Å². The molecule has 102 valence electrons. The van der Waals surface area contributed by atoms with Crippen LogP contribution >= 0.6 is 0 Å². The smallest absolute Gasteiger partial charge is 0.328 e. The standard InChI is InChI=1S/C10H16N2O6/c1-18-9(16)7-3-2-4-12(7)10(17)11-6(5-13)8(14)15/h6-7,13H,2-5H2,1H3,(H,11,17)(H,14,15)/t6-,7?/m1/s1. The minimum Gasteiger partial charge on any atom is -0.480 e. The lowest BCUT2D eigenvalue weighted by Gasteiger charge is -2.24. The van der Waals surface area contributed by atoms with Gasteiger partial charge in [-0.1, -0.05) is 0 Å². The summed E-state index contributed by atoms with van der Waals surface area (Å²) >= 11 is 0. The first-order valence-corrected chi connectivity index (χ1v) is 5.50. The maximum absolute atomic E-state index is 11.8. The van der Waals surface area contributed by atoms with Crippen molar-refractivity contribution in [3.63, 3.8) is 0 Å². The van der Waals surface area contributed by atoms with E-state index < -0.39 is 36.7 Å². The molecular formula is C10H16N2O6. The average molecular weight is 260 g/mol. The lowest BCUT2D eigenvalue weighted by atomic mass is 10.2. The maximum Gasteiger partial charge on any atom is 0.328 e. The third-order valence-corrected chi connectivity index (χ3v) is 2.77. The van der Waals surface area contributed by atoms with Gasteiger partial charge >= 0.3 is 18.0 Å². The number of aliphatic hydroxyl groups excluding tert-OH is 1. The molecule has 0 saturated carbocycles. The Morgan fingerprint density at radius 1 is 1.50 bits per heavy atom. The van der Waals surface area contributed by atoms with Crippen LogP contribution in [-0.2, 0) is 14.3 Å². The second-order valence-corrected chi connectivity index (χ2v) is 3.90. The number of nitrogens with zero attached hydrogens (tertiary/aromatic N) is 1. The first-order valence-electron chi connectivity index (χ1n) is 5.50. The minimum absolute atomic E-state index is 0.351. The zero-order valence-corrected chi connectivity index (χ0v) is 9.96. The van der Waals surface area contributed by atoms with Crippen LogP contribution in [0.15, 0.2) is 0 Å². The van der Waals surface area contributed by atoms with Crippen molar-refractivity contribution in [2.24, 2.45) is 0 Å². The van der Waals surface area contributed by atoms with Gasteiger partial charge in [0.25, 0.3) is 0 Å². The van der Waals surface area contributed by atoms with Gasteiger partial charge in [0.15, 0.2) is 6.04 Å². The Morgan fingerprint density at radius 2 is 2.17 bits per heavy atom. The Balaban J connectivity index is 2.65. The summed E-state index contributed by atoms with van der Waals surface area (Å²) in [5.74, 6) is -1.86. The number of urea groups is 1. The van der Waals surface area contributed by atoms with E-state index in [4.69, 9.17) is 10.2 Å². The number of methoxy groups -OCH3 is 1. The predicted octanol–water partition coefficient (Wildman–Crippen LogP) is -1.22. The van der Waals surface area contributed by atoms with Crippen LogP contribution in [0.1, 0.15) is 12.8 Å². The highest BCUT2D eigenvalue weighted by Crippen LogP contribution is 2.18. The van der Waals surface area contributed by atoms with E-state index in [2.05, 4.69) is 10.1 Å². The first-order chi connectivity index (χ1) is 8.51. The third-order valence-electron chi connectivity index (χ3n) is 2.77. The summed E-state index contributed by atoms with van der Waals surface area (Å²) in [6, 6.07) is -2.76. The highest BCUT2D eigenvalue weighted by molar-refractivity contribution is 5.87. The summed E-state index contributed by atoms with van der Waals surface area (Å²) < 4.78 is 4.57. The van der Waals surface area contributed by atoms with Crippen LogP contribution < -0.4 is 5.32 Å². The number of hydrogen-bond acceptors (Lipinski definition) is 5. The summed E-state index contributed by atoms with van der Waals surface area (Å²) in [5, 5.41) is 19.7. The quantitative estimate of drug-likeness (QED) is 0.545. The van der Waals surface area contributed by atoms with Crippen molar-refractivity contribution < 1.29 is 29.3 Å². The van der Waals surface area contributed by atoms with Gasteiger partial charge in [0.1, 0.15) is 6.04 Å². The zero-order valence-electron chi connectivity index (χ0n) is 9.96. The van der Waals surface area contributed by atoms with Crippen LogP contribution in [0.3, 0.4) is 0 Å². The molecular weight excluding hydrogens is 244 g/mol. The predicted molar refractivity (Wildman–Crippen MR) is 58.8 cm³/mol. The fraction of sp³-hybridized carbons (Fsp3) is 0.700. The van der Waals surface area contributed by atoms with E-state index in [0.29, 0.717) is 19.4 Å². The molecule has 8 nitrogen and oxygen atoms in total. The summed E-state index contributed by atoms with van der Waals surface area (Å²) in [5.41, 5.74) is 0. The van der Waals surface area contributed by atoms with Crippen molar-refractivity contribution in [3.8, 4) is 0 Å². The molecule has 0 radical (unpaired) electrons. The molecule has 1 unspecified atom stereocenters. The number of likely N-dealkylation sites (tertiary alicyclic amines) is 1. The van der Waals surface area contributed by atoms with Gasteiger partial charge in [-0.15, -0.1) is 0 Å². The number of aliphatic carboxylic acids is 1. The van der Waals surface area contributed by atoms with Crippen LogP contribution in [0.25, 0.3) is 0 Å². The maximum atomic E-state index is 11.8. The van der Waals surface area contributed by atoms with E-state index >= 15 is 0 Å². The van der Waals surface area contributed by atoms with Gasteiger partial charge in [-0.25, -0.2) is 14.4 Å². The highest BCUT2D eigenvalue weighted by atomic mass is 16.5. The van der Waals surface area contributed by atoms with Gasteiger partial charge < -0.3 is 25.2 Å². The monoisotopic (exact) mass is 260 g/mol. The molecule has 1 aliphatic heterocycles. The normalized spacial score (nSPS) is 20.3. The summed E-state index contributed by atoms with van der Waals surface area (Å²) in [6.45, 7) is -0.360. The van der Waals surface area contributed by atoms with E-state index in [-0.39, 0.29) is 0 Å². The Hall–Kier alpha value is -1.83. The summed E-state index contributed by atoms with van der Waals surface area (Å²) in [7, 11) is 1.23. The summed E-state index contributed by atoms with van der Waals surface area (Å²) in [6.07, 6.45) is 1.13. The van der Waals surface area contributed by atoms with Crippen molar-refractivity contribution in [2.45, 2.75) is 24.9 Å². The number of amides is 2. The number of carboxylic acid groups (broad SMARTS) is 1. The number of carboxylic acids is 1. The number of carbonyl (C=O) groups is 3. The molecule has 0 spiro atoms. The SMILES string of the molecule is COC(=O)C1CCCN1C(=O)N[C@H](CO)C(=O)O. The Labute approximate surface area is 104 Å². The molecule has 3 N–H and O–H groups in total. The van der Waals surface area contributed by atoms with Crippen molar-refractivity contribution >= 4 is 18.0 Å². The minimum atomic E-state index is -1.38. The summed E-state index contributed by atoms with van der Waals surface area (Å²) in [4.78, 5) is 35.1. The molecule has 0 aliphatic carbocycles. The molecule has 0 aromatic heterocycles. The van der Waals surface area contributed by atoms with Gasteiger partial charge in [-0.05, 0) is 12.8 Å². The lowest BCUT2D eigenvalue weighted by Crippen LogP contribution is -2.52. The number of carbonyl (C=O) groups excluding carboxylic acids is 2. The molecule has 8 heteroatoms. The first kappa shape index (κ1) is 14.2. The molecule has 1 aliphatic rings. The molecule has 2 amide bonds. The van der Waals surface area contributed by atoms with Gasteiger partial charge in [-0.2, -0.15) is 0 Å². The molecule has 1 heterocycles. The number of esters is 1. The van der Waals surface area contributed by atoms with Crippen molar-refractivity contribution in [3.05, 3.63) is 0 Å². The van der Waals surface area contributed by atoms with Crippen LogP contribution in [0.2, 0.25) is 0 Å². The molecule has 0 aromatic rings. The van der Waals surface area contributed by atoms with Gasteiger partial charge in [0.2, 0.25) is 0 Å². The molecule has 0 bridgehead atoms. The Bertz CT molecular complexity index is 345. The van der Waals surface area contributed by atoms with Crippen LogP contribution in [0.5, 0.6) is 0 Å². The van der Waals surface area contributed by atoms with E-state index in [1.165, 1.54) is 12.0 Å². The van der Waals surface area contributed by atoms with Crippen molar-refractivity contribution in [1.82, 2.24) is 10.2 Å². The van der Waals surface area contributed by atoms with E-state index in [0.717, 1.165) is 0 Å². The topological polar surface area (TPSA) is 116 Å². The number of hydrogen-bond donors (Lipinski definition) is 3. The average Bonchev–Trinajstić information content (AvgIpc) is 2.83. The highest BCUT2D eigenvalue weighted by Gasteiger charge is 2.36. The second kappa shape index (κ2) is 6.20. The Kier molecular flexibility index (Phi) is 4.90. The Morgan fingerprint density at radius 3 is 2.67 bits per heavy atom. The number of nitrogens with one attached hydrogen (secondary N) is 1. The fourth-order valence-corrected chi connectivity index (χ4v) is 1.81. The number of aliphatic hydroxyl groups is 1. The van der Waals surface area contributed by atoms with Gasteiger partial charge in [0.05, 0.1) is 13.7 Å². The molecule has 18 heavy (non-hydrogen) atoms. The van der Waals surface area contributed by atoms with Gasteiger partial charge in [-0.3, -0.25) is 0 Å². The van der Waals surface area contributed by atoms with Crippen LogP contribution in [0.4, 0.5) is 4.79 Å². The molecule has 2 atom stereocenters. The number of ether oxygens (including phenoxy) is 1. The second-order valence-electron chi connectivity index (χ2n) is 3.90. The van der Waals surface area contributed by atoms with Crippen LogP contribution in [-0.4, -0.2) is 65.4 Å². The largest absolute Gasteiger partial charge is 0.480 e. The van der Waals surface area contributed by atoms with E-state index in [1.807, 2.05) is 0 Å². The van der Waals surface area contributed by atoms with Crippen molar-refractivity contribution in [2.75, 3.05) is 20.3 Å². The van der Waals surface area contributed by atoms with E-state index in [1.54, 1.807) is 0 Å². The lowest BCUT2D eigenvalue weighted by molar-refractivity contribution is -0.144. The zero-order chi connectivity index (χ0) is 13.7. The molecule has 1 fully saturated rings. The molecule has 0 aromatic carbocycles. The van der Waals surface area contributed by atoms with E-state index in [9.17, 15) is 14.4 Å². The fourth-order valence-electron chi connectivity index (χ4n) is 1.81. The van der Waals surface area contributed by atoms with Crippen LogP contribution in [0, 0.1) is 0 Å². The third kappa shape index (κ3) is 3.10. The van der Waals surface area contributed by atoms with Gasteiger partial charge in [0, 0.05) is 6.54 Å². The molecule has 1 rings (SSSR count). The number of rotatable bonds is 4.